The fourth-order valence-electron chi connectivity index (χ4n) is 3.34. The van der Waals surface area contributed by atoms with Crippen LogP contribution in [0.25, 0.3) is 0 Å². The van der Waals surface area contributed by atoms with Gasteiger partial charge in [-0.25, -0.2) is 0 Å². The van der Waals surface area contributed by atoms with Gasteiger partial charge in [-0.2, -0.15) is 0 Å². The van der Waals surface area contributed by atoms with E-state index in [-0.39, 0.29) is 5.97 Å². The molecule has 1 saturated carbocycles. The number of benzene rings is 1. The van der Waals surface area contributed by atoms with Crippen LogP contribution in [0.4, 0.5) is 0 Å². The first kappa shape index (κ1) is 16.0. The molecule has 3 nitrogen and oxygen atoms in total. The minimum atomic E-state index is -0.159. The Bertz CT molecular complexity index is 412. The fraction of sp³-hybridized carbons (Fsp3) is 0.611. The van der Waals surface area contributed by atoms with Crippen LogP contribution in [0, 0.1) is 5.92 Å². The molecule has 2 rings (SSSR count). The van der Waals surface area contributed by atoms with Crippen molar-refractivity contribution in [3.05, 3.63) is 35.9 Å². The molecule has 1 atom stereocenters. The Morgan fingerprint density at radius 3 is 2.62 bits per heavy atom. The van der Waals surface area contributed by atoms with Gasteiger partial charge in [-0.3, -0.25) is 4.79 Å². The van der Waals surface area contributed by atoms with Crippen LogP contribution in [0.2, 0.25) is 0 Å². The van der Waals surface area contributed by atoms with E-state index in [0.717, 1.165) is 12.5 Å². The van der Waals surface area contributed by atoms with Crippen LogP contribution in [0.1, 0.15) is 50.5 Å². The van der Waals surface area contributed by atoms with Gasteiger partial charge in [0.15, 0.2) is 0 Å². The molecular weight excluding hydrogens is 262 g/mol. The SMILES string of the molecule is CCOC(=O)CNC[C@@H](c1ccccc1)C1CCCCC1. The maximum absolute atomic E-state index is 11.5. The predicted octanol–water partition coefficient (Wildman–Crippen LogP) is 3.50. The molecule has 1 N–H and O–H groups in total. The summed E-state index contributed by atoms with van der Waals surface area (Å²) in [5.74, 6) is 1.07. The van der Waals surface area contributed by atoms with Crippen molar-refractivity contribution in [1.82, 2.24) is 5.32 Å². The predicted molar refractivity (Wildman–Crippen MR) is 85.3 cm³/mol. The highest BCUT2D eigenvalue weighted by Crippen LogP contribution is 2.35. The number of carbonyl (C=O) groups excluding carboxylic acids is 1. The van der Waals surface area contributed by atoms with Crippen molar-refractivity contribution in [2.75, 3.05) is 19.7 Å². The Hall–Kier alpha value is -1.35. The highest BCUT2D eigenvalue weighted by Gasteiger charge is 2.24. The average Bonchev–Trinajstić information content (AvgIpc) is 2.53. The topological polar surface area (TPSA) is 38.3 Å². The second-order valence-corrected chi connectivity index (χ2v) is 5.85. The molecule has 0 aliphatic heterocycles. The molecule has 0 heterocycles. The van der Waals surface area contributed by atoms with Gasteiger partial charge in [0.25, 0.3) is 0 Å². The normalized spacial score (nSPS) is 17.4. The van der Waals surface area contributed by atoms with Crippen molar-refractivity contribution in [2.45, 2.75) is 44.9 Å². The van der Waals surface area contributed by atoms with Crippen LogP contribution in [0.15, 0.2) is 30.3 Å². The Balaban J connectivity index is 1.94. The first-order valence-electron chi connectivity index (χ1n) is 8.22. The largest absolute Gasteiger partial charge is 0.465 e. The molecule has 1 aromatic carbocycles. The third-order valence-corrected chi connectivity index (χ3v) is 4.39. The lowest BCUT2D eigenvalue weighted by molar-refractivity contribution is -0.142. The van der Waals surface area contributed by atoms with Gasteiger partial charge in [-0.05, 0) is 37.2 Å². The number of nitrogens with one attached hydrogen (secondary N) is 1. The molecule has 0 bridgehead atoms. The Kier molecular flexibility index (Phi) is 6.74. The number of rotatable bonds is 7. The third kappa shape index (κ3) is 5.16. The van der Waals surface area contributed by atoms with Gasteiger partial charge in [-0.15, -0.1) is 0 Å². The molecule has 0 saturated heterocycles. The number of ether oxygens (including phenoxy) is 1. The van der Waals surface area contributed by atoms with Crippen molar-refractivity contribution < 1.29 is 9.53 Å². The molecule has 1 aliphatic carbocycles. The summed E-state index contributed by atoms with van der Waals surface area (Å²) in [7, 11) is 0. The van der Waals surface area contributed by atoms with Gasteiger partial charge < -0.3 is 10.1 Å². The summed E-state index contributed by atoms with van der Waals surface area (Å²) >= 11 is 0. The maximum atomic E-state index is 11.5. The van der Waals surface area contributed by atoms with Crippen molar-refractivity contribution in [3.63, 3.8) is 0 Å². The minimum Gasteiger partial charge on any atom is -0.465 e. The lowest BCUT2D eigenvalue weighted by atomic mass is 9.77. The summed E-state index contributed by atoms with van der Waals surface area (Å²) in [6, 6.07) is 10.7. The zero-order valence-corrected chi connectivity index (χ0v) is 13.0. The molecule has 1 aromatic rings. The minimum absolute atomic E-state index is 0.159. The summed E-state index contributed by atoms with van der Waals surface area (Å²) in [5.41, 5.74) is 1.39. The zero-order valence-electron chi connectivity index (χ0n) is 13.0. The molecule has 3 heteroatoms. The van der Waals surface area contributed by atoms with E-state index < -0.39 is 0 Å². The zero-order chi connectivity index (χ0) is 14.9. The van der Waals surface area contributed by atoms with Crippen LogP contribution in [-0.2, 0) is 9.53 Å². The van der Waals surface area contributed by atoms with Crippen molar-refractivity contribution in [1.29, 1.82) is 0 Å². The van der Waals surface area contributed by atoms with Gasteiger partial charge in [0, 0.05) is 6.54 Å². The van der Waals surface area contributed by atoms with Gasteiger partial charge >= 0.3 is 5.97 Å². The monoisotopic (exact) mass is 289 g/mol. The molecule has 1 aliphatic rings. The van der Waals surface area contributed by atoms with E-state index in [1.165, 1.54) is 37.7 Å². The highest BCUT2D eigenvalue weighted by molar-refractivity contribution is 5.71. The summed E-state index contributed by atoms with van der Waals surface area (Å²) in [6.45, 7) is 3.45. The number of carbonyl (C=O) groups is 1. The fourth-order valence-corrected chi connectivity index (χ4v) is 3.34. The summed E-state index contributed by atoms with van der Waals surface area (Å²) < 4.78 is 4.97. The van der Waals surface area contributed by atoms with E-state index >= 15 is 0 Å². The van der Waals surface area contributed by atoms with Crippen molar-refractivity contribution in [2.24, 2.45) is 5.92 Å². The lowest BCUT2D eigenvalue weighted by Crippen LogP contribution is -2.32. The van der Waals surface area contributed by atoms with E-state index in [1.807, 2.05) is 6.92 Å². The maximum Gasteiger partial charge on any atom is 0.319 e. The smallest absolute Gasteiger partial charge is 0.319 e. The van der Waals surface area contributed by atoms with Crippen LogP contribution < -0.4 is 5.32 Å². The Labute approximate surface area is 128 Å². The molecule has 0 aromatic heterocycles. The van der Waals surface area contributed by atoms with Crippen molar-refractivity contribution >= 4 is 5.97 Å². The molecule has 0 radical (unpaired) electrons. The molecule has 116 valence electrons. The quantitative estimate of drug-likeness (QED) is 0.781. The number of hydrogen-bond acceptors (Lipinski definition) is 3. The summed E-state index contributed by atoms with van der Waals surface area (Å²) in [4.78, 5) is 11.5. The molecule has 0 spiro atoms. The van der Waals surface area contributed by atoms with E-state index in [2.05, 4.69) is 35.6 Å². The first-order chi connectivity index (χ1) is 10.3. The third-order valence-electron chi connectivity index (χ3n) is 4.39. The van der Waals surface area contributed by atoms with Crippen LogP contribution in [0.5, 0.6) is 0 Å². The number of hydrogen-bond donors (Lipinski definition) is 1. The van der Waals surface area contributed by atoms with Gasteiger partial charge in [0.05, 0.1) is 13.2 Å². The van der Waals surface area contributed by atoms with E-state index in [4.69, 9.17) is 4.74 Å². The Morgan fingerprint density at radius 1 is 1.24 bits per heavy atom. The van der Waals surface area contributed by atoms with E-state index in [1.54, 1.807) is 0 Å². The van der Waals surface area contributed by atoms with Crippen molar-refractivity contribution in [3.8, 4) is 0 Å². The van der Waals surface area contributed by atoms with Crippen LogP contribution in [0.3, 0.4) is 0 Å². The highest BCUT2D eigenvalue weighted by atomic mass is 16.5. The summed E-state index contributed by atoms with van der Waals surface area (Å²) in [5, 5.41) is 3.29. The lowest BCUT2D eigenvalue weighted by Gasteiger charge is -2.31. The molecular formula is C18H27NO2. The standard InChI is InChI=1S/C18H27NO2/c1-2-21-18(20)14-19-13-17(15-9-5-3-6-10-15)16-11-7-4-8-12-16/h3,5-6,9-10,16-17,19H,2,4,7-8,11-14H2,1H3/t17-/m0/s1. The molecule has 21 heavy (non-hydrogen) atoms. The van der Waals surface area contributed by atoms with Gasteiger partial charge in [0.1, 0.15) is 0 Å². The average molecular weight is 289 g/mol. The number of esters is 1. The van der Waals surface area contributed by atoms with Gasteiger partial charge in [0.2, 0.25) is 0 Å². The second-order valence-electron chi connectivity index (χ2n) is 5.85. The van der Waals surface area contributed by atoms with E-state index in [0.29, 0.717) is 19.1 Å². The summed E-state index contributed by atoms with van der Waals surface area (Å²) in [6.07, 6.45) is 6.66. The molecule has 0 unspecified atom stereocenters. The molecule has 0 amide bonds. The Morgan fingerprint density at radius 2 is 1.95 bits per heavy atom. The second kappa shape index (κ2) is 8.83. The molecule has 1 fully saturated rings. The van der Waals surface area contributed by atoms with Crippen LogP contribution >= 0.6 is 0 Å². The first-order valence-corrected chi connectivity index (χ1v) is 8.22. The van der Waals surface area contributed by atoms with Gasteiger partial charge in [-0.1, -0.05) is 49.6 Å². The van der Waals surface area contributed by atoms with E-state index in [9.17, 15) is 4.79 Å². The van der Waals surface area contributed by atoms with Crippen LogP contribution in [-0.4, -0.2) is 25.7 Å².